The van der Waals surface area contributed by atoms with Gasteiger partial charge in [-0.2, -0.15) is 0 Å². The van der Waals surface area contributed by atoms with Gasteiger partial charge in [-0.05, 0) is 26.3 Å². The number of fused-ring (bicyclic) bond motifs is 1. The quantitative estimate of drug-likeness (QED) is 0.854. The third kappa shape index (κ3) is 2.06. The molecule has 0 aliphatic carbocycles. The Hall–Kier alpha value is -1.94. The van der Waals surface area contributed by atoms with Crippen LogP contribution in [0.4, 0.5) is 5.69 Å². The van der Waals surface area contributed by atoms with Gasteiger partial charge in [0.15, 0.2) is 5.60 Å². The third-order valence-corrected chi connectivity index (χ3v) is 3.58. The van der Waals surface area contributed by atoms with Crippen LogP contribution in [-0.4, -0.2) is 23.3 Å². The zero-order chi connectivity index (χ0) is 15.1. The number of hydrogen-bond acceptors (Lipinski definition) is 3. The van der Waals surface area contributed by atoms with Crippen LogP contribution in [-0.2, 0) is 15.2 Å². The summed E-state index contributed by atoms with van der Waals surface area (Å²) in [5.74, 6) is -0.664. The predicted octanol–water partition coefficient (Wildman–Crippen LogP) is 2.00. The van der Waals surface area contributed by atoms with Crippen molar-refractivity contribution < 1.29 is 14.7 Å². The van der Waals surface area contributed by atoms with E-state index in [2.05, 4.69) is 6.58 Å². The summed E-state index contributed by atoms with van der Waals surface area (Å²) in [6.45, 7) is 9.14. The van der Waals surface area contributed by atoms with Crippen molar-refractivity contribution in [3.63, 3.8) is 0 Å². The molecule has 0 aromatic heterocycles. The molecular formula is C16H19NO3. The molecule has 0 unspecified atom stereocenters. The van der Waals surface area contributed by atoms with E-state index < -0.39 is 11.5 Å². The van der Waals surface area contributed by atoms with Crippen LogP contribution < -0.4 is 4.90 Å². The fraction of sp³-hybridized carbons (Fsp3) is 0.375. The molecule has 106 valence electrons. The second kappa shape index (κ2) is 4.87. The summed E-state index contributed by atoms with van der Waals surface area (Å²) in [7, 11) is 0. The van der Waals surface area contributed by atoms with E-state index >= 15 is 0 Å². The molecule has 4 nitrogen and oxygen atoms in total. The summed E-state index contributed by atoms with van der Waals surface area (Å²) in [5.41, 5.74) is 1.34. The average Bonchev–Trinajstić information content (AvgIpc) is 2.52. The van der Waals surface area contributed by atoms with Gasteiger partial charge >= 0.3 is 0 Å². The largest absolute Gasteiger partial charge is 0.375 e. The first-order valence-electron chi connectivity index (χ1n) is 6.57. The van der Waals surface area contributed by atoms with E-state index in [0.29, 0.717) is 17.8 Å². The molecule has 1 aliphatic rings. The highest BCUT2D eigenvalue weighted by molar-refractivity contribution is 6.09. The zero-order valence-corrected chi connectivity index (χ0v) is 12.1. The molecule has 2 rings (SSSR count). The molecule has 1 aromatic rings. The number of aryl methyl sites for hydroxylation is 2. The van der Waals surface area contributed by atoms with Gasteiger partial charge in [0.2, 0.25) is 0 Å². The maximum atomic E-state index is 12.5. The Balaban J connectivity index is 2.68. The Bertz CT molecular complexity index is 606. The van der Waals surface area contributed by atoms with Gasteiger partial charge in [-0.3, -0.25) is 9.59 Å². The van der Waals surface area contributed by atoms with Crippen LogP contribution in [0, 0.1) is 13.8 Å². The van der Waals surface area contributed by atoms with Crippen molar-refractivity contribution in [1.82, 2.24) is 0 Å². The number of benzene rings is 1. The fourth-order valence-electron chi connectivity index (χ4n) is 2.91. The molecule has 0 spiro atoms. The van der Waals surface area contributed by atoms with Crippen LogP contribution in [0.2, 0.25) is 0 Å². The van der Waals surface area contributed by atoms with Crippen molar-refractivity contribution in [2.45, 2.75) is 32.8 Å². The lowest BCUT2D eigenvalue weighted by molar-refractivity contribution is -0.141. The Morgan fingerprint density at radius 1 is 1.45 bits per heavy atom. The molecule has 0 radical (unpaired) electrons. The molecule has 1 atom stereocenters. The lowest BCUT2D eigenvalue weighted by Gasteiger charge is -2.21. The van der Waals surface area contributed by atoms with Crippen LogP contribution in [0.1, 0.15) is 30.0 Å². The number of nitrogens with zero attached hydrogens (tertiary/aromatic N) is 1. The van der Waals surface area contributed by atoms with E-state index in [1.54, 1.807) is 12.1 Å². The van der Waals surface area contributed by atoms with Crippen molar-refractivity contribution in [2.75, 3.05) is 11.4 Å². The van der Waals surface area contributed by atoms with Gasteiger partial charge in [0.1, 0.15) is 5.78 Å². The molecule has 0 saturated heterocycles. The van der Waals surface area contributed by atoms with Crippen molar-refractivity contribution in [2.24, 2.45) is 0 Å². The van der Waals surface area contributed by atoms with E-state index in [4.69, 9.17) is 0 Å². The molecule has 0 fully saturated rings. The molecule has 1 aliphatic heterocycles. The van der Waals surface area contributed by atoms with Crippen LogP contribution >= 0.6 is 0 Å². The summed E-state index contributed by atoms with van der Waals surface area (Å²) < 4.78 is 0. The standard InChI is InChI=1S/C16H19NO3/c1-5-6-17-14-11(3)7-10(2)8-13(14)16(20,15(17)19)9-12(4)18/h5,7-8,20H,1,6,9H2,2-4H3/t16-/m0/s1. The van der Waals surface area contributed by atoms with Crippen LogP contribution in [0.3, 0.4) is 0 Å². The Morgan fingerprint density at radius 2 is 2.10 bits per heavy atom. The summed E-state index contributed by atoms with van der Waals surface area (Å²) in [5, 5.41) is 10.8. The van der Waals surface area contributed by atoms with Crippen molar-refractivity contribution in [1.29, 1.82) is 0 Å². The molecule has 1 heterocycles. The number of amides is 1. The molecule has 1 N–H and O–H groups in total. The maximum absolute atomic E-state index is 12.5. The number of ketones is 1. The van der Waals surface area contributed by atoms with Crippen molar-refractivity contribution in [3.05, 3.63) is 41.5 Å². The minimum absolute atomic E-state index is 0.199. The predicted molar refractivity (Wildman–Crippen MR) is 77.7 cm³/mol. The fourth-order valence-corrected chi connectivity index (χ4v) is 2.91. The second-order valence-corrected chi connectivity index (χ2v) is 5.42. The van der Waals surface area contributed by atoms with Gasteiger partial charge in [0.25, 0.3) is 5.91 Å². The highest BCUT2D eigenvalue weighted by atomic mass is 16.3. The highest BCUT2D eigenvalue weighted by Gasteiger charge is 2.50. The lowest BCUT2D eigenvalue weighted by Crippen LogP contribution is -2.41. The molecular weight excluding hydrogens is 254 g/mol. The number of carbonyl (C=O) groups excluding carboxylic acids is 2. The first kappa shape index (κ1) is 14.5. The monoisotopic (exact) mass is 273 g/mol. The molecule has 0 saturated carbocycles. The summed E-state index contributed by atoms with van der Waals surface area (Å²) in [6.07, 6.45) is 1.41. The number of Topliss-reactive ketones (excluding diaryl/α,β-unsaturated/α-hetero) is 1. The summed E-state index contributed by atoms with van der Waals surface area (Å²) in [6, 6.07) is 3.74. The minimum Gasteiger partial charge on any atom is -0.375 e. The molecule has 20 heavy (non-hydrogen) atoms. The number of aliphatic hydroxyl groups is 1. The zero-order valence-electron chi connectivity index (χ0n) is 12.1. The summed E-state index contributed by atoms with van der Waals surface area (Å²) >= 11 is 0. The van der Waals surface area contributed by atoms with Gasteiger partial charge in [-0.1, -0.05) is 23.8 Å². The highest BCUT2D eigenvalue weighted by Crippen LogP contribution is 2.44. The Kier molecular flexibility index (Phi) is 3.52. The van der Waals surface area contributed by atoms with E-state index in [0.717, 1.165) is 11.1 Å². The topological polar surface area (TPSA) is 57.6 Å². The average molecular weight is 273 g/mol. The smallest absolute Gasteiger partial charge is 0.264 e. The summed E-state index contributed by atoms with van der Waals surface area (Å²) in [4.78, 5) is 25.5. The van der Waals surface area contributed by atoms with E-state index in [9.17, 15) is 14.7 Å². The first-order chi connectivity index (χ1) is 9.31. The van der Waals surface area contributed by atoms with E-state index in [1.807, 2.05) is 19.9 Å². The van der Waals surface area contributed by atoms with Crippen molar-refractivity contribution >= 4 is 17.4 Å². The Morgan fingerprint density at radius 3 is 2.65 bits per heavy atom. The SMILES string of the molecule is C=CCN1C(=O)[C@](O)(CC(C)=O)c2cc(C)cc(C)c21. The van der Waals surface area contributed by atoms with Crippen LogP contribution in [0.15, 0.2) is 24.8 Å². The van der Waals surface area contributed by atoms with Crippen LogP contribution in [0.5, 0.6) is 0 Å². The molecule has 1 aromatic carbocycles. The van der Waals surface area contributed by atoms with Crippen LogP contribution in [0.25, 0.3) is 0 Å². The second-order valence-electron chi connectivity index (χ2n) is 5.42. The number of hydrogen-bond donors (Lipinski definition) is 1. The van der Waals surface area contributed by atoms with Gasteiger partial charge in [-0.15, -0.1) is 6.58 Å². The lowest BCUT2D eigenvalue weighted by atomic mass is 9.88. The molecule has 4 heteroatoms. The number of rotatable bonds is 4. The van der Waals surface area contributed by atoms with E-state index in [1.165, 1.54) is 11.8 Å². The van der Waals surface area contributed by atoms with Gasteiger partial charge in [0.05, 0.1) is 5.69 Å². The molecule has 0 bridgehead atoms. The minimum atomic E-state index is -1.75. The van der Waals surface area contributed by atoms with Gasteiger partial charge in [-0.25, -0.2) is 0 Å². The normalized spacial score (nSPS) is 21.0. The third-order valence-electron chi connectivity index (χ3n) is 3.58. The van der Waals surface area contributed by atoms with Gasteiger partial charge in [0, 0.05) is 18.5 Å². The van der Waals surface area contributed by atoms with Gasteiger partial charge < -0.3 is 10.0 Å². The number of carbonyl (C=O) groups is 2. The van der Waals surface area contributed by atoms with E-state index in [-0.39, 0.29) is 12.2 Å². The number of anilines is 1. The first-order valence-corrected chi connectivity index (χ1v) is 6.57. The van der Waals surface area contributed by atoms with Crippen molar-refractivity contribution in [3.8, 4) is 0 Å². The Labute approximate surface area is 118 Å². The maximum Gasteiger partial charge on any atom is 0.264 e. The molecule has 1 amide bonds.